The maximum Gasteiger partial charge on any atom is 0.118 e. The molecule has 0 fully saturated rings. The fourth-order valence-corrected chi connectivity index (χ4v) is 2.50. The molecule has 0 aliphatic carbocycles. The van der Waals surface area contributed by atoms with Crippen LogP contribution in [0.2, 0.25) is 0 Å². The van der Waals surface area contributed by atoms with Crippen molar-refractivity contribution in [2.75, 3.05) is 7.11 Å². The van der Waals surface area contributed by atoms with Gasteiger partial charge in [-0.2, -0.15) is 0 Å². The Bertz CT molecular complexity index is 482. The maximum atomic E-state index is 5.72. The molecule has 2 rings (SSSR count). The lowest BCUT2D eigenvalue weighted by atomic mass is 10.2. The Labute approximate surface area is 106 Å². The third-order valence-electron chi connectivity index (χ3n) is 2.48. The average molecular weight is 245 g/mol. The van der Waals surface area contributed by atoms with Crippen LogP contribution in [0.4, 0.5) is 0 Å². The second-order valence-electron chi connectivity index (χ2n) is 3.59. The Balaban J connectivity index is 2.19. The Hall–Kier alpha value is -1.45. The monoisotopic (exact) mass is 245 g/mol. The van der Waals surface area contributed by atoms with Gasteiger partial charge < -0.3 is 10.5 Å². The summed E-state index contributed by atoms with van der Waals surface area (Å²) in [7, 11) is 1.67. The van der Waals surface area contributed by atoms with E-state index in [1.165, 1.54) is 15.4 Å². The van der Waals surface area contributed by atoms with Crippen molar-refractivity contribution in [1.29, 1.82) is 0 Å². The van der Waals surface area contributed by atoms with E-state index >= 15 is 0 Å². The normalized spacial score (nSPS) is 10.2. The van der Waals surface area contributed by atoms with Crippen LogP contribution in [0.5, 0.6) is 5.75 Å². The lowest BCUT2D eigenvalue weighted by Gasteiger charge is -2.07. The molecule has 2 aromatic rings. The zero-order valence-electron chi connectivity index (χ0n) is 9.72. The molecule has 0 saturated heterocycles. The predicted octanol–water partition coefficient (Wildman–Crippen LogP) is 3.31. The summed E-state index contributed by atoms with van der Waals surface area (Å²) in [6.45, 7) is 0.569. The van der Waals surface area contributed by atoms with E-state index in [4.69, 9.17) is 10.5 Å². The molecule has 88 valence electrons. The van der Waals surface area contributed by atoms with Crippen LogP contribution in [0, 0.1) is 0 Å². The van der Waals surface area contributed by atoms with Crippen molar-refractivity contribution in [3.63, 3.8) is 0 Å². The molecule has 0 radical (unpaired) electrons. The first-order valence-electron chi connectivity index (χ1n) is 5.43. The van der Waals surface area contributed by atoms with Crippen molar-refractivity contribution in [1.82, 2.24) is 0 Å². The summed E-state index contributed by atoms with van der Waals surface area (Å²) in [6.07, 6.45) is 0. The number of benzene rings is 2. The summed E-state index contributed by atoms with van der Waals surface area (Å²) in [6, 6.07) is 16.2. The van der Waals surface area contributed by atoms with Crippen molar-refractivity contribution in [2.45, 2.75) is 16.3 Å². The third kappa shape index (κ3) is 3.02. The summed E-state index contributed by atoms with van der Waals surface area (Å²) in [5, 5.41) is 0. The number of ether oxygens (including phenoxy) is 1. The number of nitrogens with two attached hydrogens (primary N) is 1. The van der Waals surface area contributed by atoms with Gasteiger partial charge in [-0.15, -0.1) is 0 Å². The maximum absolute atomic E-state index is 5.72. The van der Waals surface area contributed by atoms with E-state index in [9.17, 15) is 0 Å². The molecule has 0 aliphatic rings. The van der Waals surface area contributed by atoms with Crippen molar-refractivity contribution in [3.05, 3.63) is 54.1 Å². The van der Waals surface area contributed by atoms with E-state index in [0.29, 0.717) is 6.54 Å². The highest BCUT2D eigenvalue weighted by Crippen LogP contribution is 2.31. The van der Waals surface area contributed by atoms with Gasteiger partial charge in [-0.3, -0.25) is 0 Å². The summed E-state index contributed by atoms with van der Waals surface area (Å²) in [5.41, 5.74) is 6.89. The summed E-state index contributed by atoms with van der Waals surface area (Å²) in [4.78, 5) is 2.40. The van der Waals surface area contributed by atoms with Gasteiger partial charge in [0.15, 0.2) is 0 Å². The van der Waals surface area contributed by atoms with Gasteiger partial charge in [0.25, 0.3) is 0 Å². The lowest BCUT2D eigenvalue weighted by molar-refractivity contribution is 0.414. The van der Waals surface area contributed by atoms with Crippen LogP contribution in [0.25, 0.3) is 0 Å². The molecule has 2 N–H and O–H groups in total. The molecule has 0 heterocycles. The van der Waals surface area contributed by atoms with Crippen LogP contribution < -0.4 is 10.5 Å². The topological polar surface area (TPSA) is 35.2 Å². The molecule has 17 heavy (non-hydrogen) atoms. The van der Waals surface area contributed by atoms with Gasteiger partial charge in [0.1, 0.15) is 5.75 Å². The number of rotatable bonds is 4. The van der Waals surface area contributed by atoms with Crippen LogP contribution in [0.1, 0.15) is 5.56 Å². The fraction of sp³-hybridized carbons (Fsp3) is 0.143. The summed E-state index contributed by atoms with van der Waals surface area (Å²) in [5.74, 6) is 0.876. The van der Waals surface area contributed by atoms with Gasteiger partial charge >= 0.3 is 0 Å². The first kappa shape index (κ1) is 12.0. The molecule has 0 amide bonds. The standard InChI is InChI=1S/C14H15NOS/c1-16-12-6-8-13(9-7-12)17-14-5-3-2-4-11(14)10-15/h2-9H,10,15H2,1H3. The molecule has 0 unspecified atom stereocenters. The molecule has 0 bridgehead atoms. The van der Waals surface area contributed by atoms with Gasteiger partial charge in [0.05, 0.1) is 7.11 Å². The fourth-order valence-electron chi connectivity index (χ4n) is 1.54. The molecule has 0 saturated carbocycles. The minimum Gasteiger partial charge on any atom is -0.497 e. The summed E-state index contributed by atoms with van der Waals surface area (Å²) < 4.78 is 5.14. The molecule has 0 spiro atoms. The number of methoxy groups -OCH3 is 1. The highest BCUT2D eigenvalue weighted by atomic mass is 32.2. The Morgan fingerprint density at radius 1 is 1.06 bits per heavy atom. The van der Waals surface area contributed by atoms with Gasteiger partial charge in [-0.1, -0.05) is 30.0 Å². The van der Waals surface area contributed by atoms with E-state index in [-0.39, 0.29) is 0 Å². The van der Waals surface area contributed by atoms with Crippen molar-refractivity contribution in [2.24, 2.45) is 5.73 Å². The Morgan fingerprint density at radius 3 is 2.41 bits per heavy atom. The van der Waals surface area contributed by atoms with Gasteiger partial charge in [0, 0.05) is 16.3 Å². The highest BCUT2D eigenvalue weighted by Gasteiger charge is 2.02. The van der Waals surface area contributed by atoms with Crippen molar-refractivity contribution in [3.8, 4) is 5.75 Å². The molecule has 2 aromatic carbocycles. The van der Waals surface area contributed by atoms with E-state index in [1.54, 1.807) is 18.9 Å². The van der Waals surface area contributed by atoms with Crippen LogP contribution >= 0.6 is 11.8 Å². The minimum absolute atomic E-state index is 0.569. The first-order valence-corrected chi connectivity index (χ1v) is 6.25. The van der Waals surface area contributed by atoms with Crippen molar-refractivity contribution < 1.29 is 4.74 Å². The largest absolute Gasteiger partial charge is 0.497 e. The predicted molar refractivity (Wildman–Crippen MR) is 71.5 cm³/mol. The zero-order valence-corrected chi connectivity index (χ0v) is 10.5. The van der Waals surface area contributed by atoms with E-state index < -0.39 is 0 Å². The van der Waals surface area contributed by atoms with Crippen LogP contribution in [0.3, 0.4) is 0 Å². The second kappa shape index (κ2) is 5.75. The Kier molecular flexibility index (Phi) is 4.07. The highest BCUT2D eigenvalue weighted by molar-refractivity contribution is 7.99. The smallest absolute Gasteiger partial charge is 0.118 e. The lowest BCUT2D eigenvalue weighted by Crippen LogP contribution is -1.97. The SMILES string of the molecule is COc1ccc(Sc2ccccc2CN)cc1. The summed E-state index contributed by atoms with van der Waals surface area (Å²) >= 11 is 1.72. The second-order valence-corrected chi connectivity index (χ2v) is 4.70. The number of hydrogen-bond donors (Lipinski definition) is 1. The van der Waals surface area contributed by atoms with E-state index in [1.807, 2.05) is 24.3 Å². The van der Waals surface area contributed by atoms with E-state index in [0.717, 1.165) is 5.75 Å². The minimum atomic E-state index is 0.569. The average Bonchev–Trinajstić information content (AvgIpc) is 2.40. The molecular formula is C14H15NOS. The van der Waals surface area contributed by atoms with Crippen LogP contribution in [0.15, 0.2) is 58.3 Å². The molecule has 0 aromatic heterocycles. The quantitative estimate of drug-likeness (QED) is 0.897. The molecule has 2 nitrogen and oxygen atoms in total. The van der Waals surface area contributed by atoms with Crippen molar-refractivity contribution >= 4 is 11.8 Å². The van der Waals surface area contributed by atoms with Crippen LogP contribution in [-0.2, 0) is 6.54 Å². The zero-order chi connectivity index (χ0) is 12.1. The molecule has 0 atom stereocenters. The Morgan fingerprint density at radius 2 is 1.76 bits per heavy atom. The molecule has 0 aliphatic heterocycles. The number of hydrogen-bond acceptors (Lipinski definition) is 3. The van der Waals surface area contributed by atoms with Gasteiger partial charge in [-0.05, 0) is 35.9 Å². The van der Waals surface area contributed by atoms with Gasteiger partial charge in [-0.25, -0.2) is 0 Å². The van der Waals surface area contributed by atoms with E-state index in [2.05, 4.69) is 24.3 Å². The molecular weight excluding hydrogens is 230 g/mol. The molecule has 3 heteroatoms. The first-order chi connectivity index (χ1) is 8.33. The van der Waals surface area contributed by atoms with Gasteiger partial charge in [0.2, 0.25) is 0 Å². The third-order valence-corrected chi connectivity index (χ3v) is 3.61. The van der Waals surface area contributed by atoms with Crippen LogP contribution in [-0.4, -0.2) is 7.11 Å².